The number of fused-ring (bicyclic) bond motifs is 1. The van der Waals surface area contributed by atoms with Crippen LogP contribution in [0.3, 0.4) is 0 Å². The fourth-order valence-corrected chi connectivity index (χ4v) is 5.58. The topological polar surface area (TPSA) is 125 Å². The number of phenolic OH excluding ortho intramolecular Hbond substituents is 1. The molecule has 0 radical (unpaired) electrons. The third kappa shape index (κ3) is 6.89. The van der Waals surface area contributed by atoms with Crippen molar-refractivity contribution < 1.29 is 21.9 Å². The second kappa shape index (κ2) is 10.3. The van der Waals surface area contributed by atoms with Gasteiger partial charge < -0.3 is 5.11 Å². The fraction of sp³-hybridized carbons (Fsp3) is 0.385. The van der Waals surface area contributed by atoms with Crippen molar-refractivity contribution in [3.05, 3.63) is 54.6 Å². The maximum absolute atomic E-state index is 13.1. The van der Waals surface area contributed by atoms with Crippen molar-refractivity contribution in [1.29, 1.82) is 0 Å². The molecule has 0 aromatic heterocycles. The average Bonchev–Trinajstić information content (AvgIpc) is 2.76. The lowest BCUT2D eigenvalue weighted by molar-refractivity contribution is 0.216. The van der Waals surface area contributed by atoms with Crippen molar-refractivity contribution in [2.75, 3.05) is 0 Å². The molecule has 36 heavy (non-hydrogen) atoms. The van der Waals surface area contributed by atoms with Crippen LogP contribution in [0.15, 0.2) is 74.6 Å². The van der Waals surface area contributed by atoms with E-state index < -0.39 is 20.7 Å². The summed E-state index contributed by atoms with van der Waals surface area (Å²) in [6, 6.07) is 13.3. The van der Waals surface area contributed by atoms with Crippen LogP contribution in [0.25, 0.3) is 10.8 Å². The van der Waals surface area contributed by atoms with Crippen molar-refractivity contribution in [3.8, 4) is 5.75 Å². The summed E-state index contributed by atoms with van der Waals surface area (Å²) < 4.78 is 51.6. The maximum Gasteiger partial charge on any atom is 0.240 e. The van der Waals surface area contributed by atoms with Crippen molar-refractivity contribution >= 4 is 42.9 Å². The Hall–Kier alpha value is -2.82. The molecular formula is C26H33N3O5S2. The molecule has 0 bridgehead atoms. The number of hydrogen-bond donors (Lipinski definition) is 3. The van der Waals surface area contributed by atoms with Gasteiger partial charge in [0.15, 0.2) is 10.7 Å². The molecule has 3 rings (SSSR count). The van der Waals surface area contributed by atoms with Gasteiger partial charge in [-0.05, 0) is 65.1 Å². The Morgan fingerprint density at radius 3 is 2.11 bits per heavy atom. The first-order valence-corrected chi connectivity index (χ1v) is 14.2. The van der Waals surface area contributed by atoms with E-state index in [1.54, 1.807) is 12.1 Å². The molecule has 0 amide bonds. The van der Waals surface area contributed by atoms with Crippen LogP contribution in [-0.4, -0.2) is 28.0 Å². The Kier molecular flexibility index (Phi) is 7.92. The molecular weight excluding hydrogens is 498 g/mol. The summed E-state index contributed by atoms with van der Waals surface area (Å²) in [7, 11) is -6.49. The molecule has 0 aliphatic heterocycles. The van der Waals surface area contributed by atoms with E-state index in [4.69, 9.17) is 0 Å². The van der Waals surface area contributed by atoms with Crippen molar-refractivity contribution in [1.82, 2.24) is 4.72 Å². The van der Waals surface area contributed by atoms with Gasteiger partial charge in [-0.1, -0.05) is 53.7 Å². The van der Waals surface area contributed by atoms with Crippen molar-refractivity contribution in [3.63, 3.8) is 0 Å². The Labute approximate surface area is 214 Å². The number of rotatable bonds is 7. The highest BCUT2D eigenvalue weighted by molar-refractivity contribution is 7.89. The van der Waals surface area contributed by atoms with Crippen LogP contribution in [-0.2, 0) is 20.7 Å². The van der Waals surface area contributed by atoms with Crippen LogP contribution in [0.2, 0.25) is 0 Å². The highest BCUT2D eigenvalue weighted by Crippen LogP contribution is 2.37. The highest BCUT2D eigenvalue weighted by Gasteiger charge is 2.32. The molecule has 3 aromatic carbocycles. The van der Waals surface area contributed by atoms with Crippen LogP contribution in [0.5, 0.6) is 5.75 Å². The molecule has 3 aromatic rings. The number of nitrogens with one attached hydrogen (secondary N) is 1. The van der Waals surface area contributed by atoms with Gasteiger partial charge in [-0.15, -0.1) is 5.11 Å². The summed E-state index contributed by atoms with van der Waals surface area (Å²) in [5.74, 6) is -0.110. The lowest BCUT2D eigenvalue weighted by Gasteiger charge is -2.35. The second-order valence-electron chi connectivity index (χ2n) is 11.1. The first kappa shape index (κ1) is 27.8. The lowest BCUT2D eigenvalue weighted by Crippen LogP contribution is -2.45. The first-order chi connectivity index (χ1) is 16.6. The van der Waals surface area contributed by atoms with Crippen LogP contribution in [0.1, 0.15) is 48.0 Å². The zero-order valence-electron chi connectivity index (χ0n) is 21.3. The monoisotopic (exact) mass is 531 g/mol. The van der Waals surface area contributed by atoms with Crippen LogP contribution in [0.4, 0.5) is 11.4 Å². The van der Waals surface area contributed by atoms with E-state index in [0.717, 1.165) is 0 Å². The number of benzene rings is 3. The van der Waals surface area contributed by atoms with Gasteiger partial charge in [-0.3, -0.25) is 0 Å². The quantitative estimate of drug-likeness (QED) is 0.252. The smallest absolute Gasteiger partial charge is 0.240 e. The predicted molar refractivity (Wildman–Crippen MR) is 142 cm³/mol. The molecule has 1 unspecified atom stereocenters. The molecule has 0 saturated carbocycles. The number of phenols is 1. The largest absolute Gasteiger partial charge is 0.506 e. The van der Waals surface area contributed by atoms with E-state index in [1.807, 2.05) is 20.8 Å². The Balaban J connectivity index is 1.86. The maximum atomic E-state index is 13.1. The molecule has 2 N–H and O–H groups in total. The lowest BCUT2D eigenvalue weighted by atomic mass is 9.77. The van der Waals surface area contributed by atoms with Crippen LogP contribution < -0.4 is 4.72 Å². The summed E-state index contributed by atoms with van der Waals surface area (Å²) in [5.41, 5.74) is 0.269. The molecule has 0 spiro atoms. The summed E-state index contributed by atoms with van der Waals surface area (Å²) in [5, 5.41) is 19.7. The van der Waals surface area contributed by atoms with Gasteiger partial charge in [0.2, 0.25) is 10.0 Å². The van der Waals surface area contributed by atoms with Gasteiger partial charge in [-0.25, -0.2) is 21.6 Å². The second-order valence-corrected chi connectivity index (χ2v) is 13.8. The van der Waals surface area contributed by atoms with E-state index in [9.17, 15) is 21.9 Å². The standard InChI is InChI=1S/C26H33N3O5S2/c1-25(2,3)16-23(26(4,5)6)29-36(33,34)20-11-8-18(9-12-20)27-28-24-21-13-10-19(35(31)32)15-17(21)7-14-22(24)30/h7-15,23,29-30,35H,16H2,1-6H3. The number of sulfonamides is 1. The molecule has 0 aliphatic rings. The Morgan fingerprint density at radius 2 is 1.56 bits per heavy atom. The average molecular weight is 532 g/mol. The first-order valence-electron chi connectivity index (χ1n) is 11.5. The SMILES string of the molecule is CC(C)(C)CC(NS(=O)(=O)c1ccc(N=Nc2c(O)ccc3cc([SH](=O)=O)ccc23)cc1)C(C)(C)C. The molecule has 0 fully saturated rings. The summed E-state index contributed by atoms with van der Waals surface area (Å²) in [6.07, 6.45) is 0.684. The van der Waals surface area contributed by atoms with Gasteiger partial charge in [0.1, 0.15) is 11.4 Å². The number of nitrogens with zero attached hydrogens (tertiary/aromatic N) is 2. The van der Waals surface area contributed by atoms with Gasteiger partial charge in [0.05, 0.1) is 15.5 Å². The third-order valence-corrected chi connectivity index (χ3v) is 7.92. The Morgan fingerprint density at radius 1 is 0.917 bits per heavy atom. The summed E-state index contributed by atoms with van der Waals surface area (Å²) in [6.45, 7) is 12.3. The number of azo groups is 1. The number of hydrogen-bond acceptors (Lipinski definition) is 7. The zero-order chi connectivity index (χ0) is 26.9. The van der Waals surface area contributed by atoms with Gasteiger partial charge in [0.25, 0.3) is 0 Å². The third-order valence-electron chi connectivity index (χ3n) is 5.74. The molecule has 194 valence electrons. The molecule has 0 saturated heterocycles. The van der Waals surface area contributed by atoms with Crippen LogP contribution in [0, 0.1) is 10.8 Å². The molecule has 0 heterocycles. The molecule has 0 aliphatic carbocycles. The van der Waals surface area contributed by atoms with Crippen LogP contribution >= 0.6 is 0 Å². The van der Waals surface area contributed by atoms with E-state index >= 15 is 0 Å². The van der Waals surface area contributed by atoms with Gasteiger partial charge >= 0.3 is 0 Å². The van der Waals surface area contributed by atoms with E-state index in [0.29, 0.717) is 22.9 Å². The Bertz CT molecular complexity index is 1460. The van der Waals surface area contributed by atoms with E-state index in [1.165, 1.54) is 42.5 Å². The molecule has 8 nitrogen and oxygen atoms in total. The number of thiol groups is 1. The summed E-state index contributed by atoms with van der Waals surface area (Å²) >= 11 is 0. The minimum absolute atomic E-state index is 0.0496. The van der Waals surface area contributed by atoms with Crippen molar-refractivity contribution in [2.45, 2.75) is 63.8 Å². The normalized spacial score (nSPS) is 14.1. The van der Waals surface area contributed by atoms with Gasteiger partial charge in [-0.2, -0.15) is 5.11 Å². The van der Waals surface area contributed by atoms with Crippen molar-refractivity contribution in [2.24, 2.45) is 21.1 Å². The highest BCUT2D eigenvalue weighted by atomic mass is 32.2. The van der Waals surface area contributed by atoms with E-state index in [-0.39, 0.29) is 38.1 Å². The minimum Gasteiger partial charge on any atom is -0.506 e. The summed E-state index contributed by atoms with van der Waals surface area (Å²) in [4.78, 5) is 0.282. The molecule has 1 atom stereocenters. The van der Waals surface area contributed by atoms with E-state index in [2.05, 4.69) is 35.7 Å². The fourth-order valence-electron chi connectivity index (χ4n) is 3.70. The number of aromatic hydroxyl groups is 1. The minimum atomic E-state index is -3.76. The zero-order valence-corrected chi connectivity index (χ0v) is 23.0. The molecule has 10 heteroatoms. The van der Waals surface area contributed by atoms with Gasteiger partial charge in [0, 0.05) is 11.4 Å². The predicted octanol–water partition coefficient (Wildman–Crippen LogP) is 6.06.